The highest BCUT2D eigenvalue weighted by Gasteiger charge is 2.03. The van der Waals surface area contributed by atoms with Crippen LogP contribution in [0, 0.1) is 6.92 Å². The predicted octanol–water partition coefficient (Wildman–Crippen LogP) is 2.04. The number of amides is 1. The lowest BCUT2D eigenvalue weighted by atomic mass is 10.3. The van der Waals surface area contributed by atoms with Gasteiger partial charge in [-0.25, -0.2) is 4.98 Å². The molecule has 0 saturated carbocycles. The topological polar surface area (TPSA) is 92.4 Å². The molecule has 6 nitrogen and oxygen atoms in total. The average molecular weight is 405 g/mol. The first-order valence-corrected chi connectivity index (χ1v) is 6.89. The summed E-state index contributed by atoms with van der Waals surface area (Å²) in [6.07, 6.45) is 2.42. The third kappa shape index (κ3) is 9.22. The first kappa shape index (κ1) is 19.6. The number of unbranched alkanes of at least 4 members (excludes halogenated alkanes) is 1. The number of hydrogen-bond acceptors (Lipinski definition) is 3. The molecule has 0 aliphatic heterocycles. The van der Waals surface area contributed by atoms with Crippen molar-refractivity contribution in [3.63, 3.8) is 0 Å². The molecule has 0 unspecified atom stereocenters. The van der Waals surface area contributed by atoms with Crippen LogP contribution in [-0.2, 0) is 4.79 Å². The molecule has 7 heteroatoms. The SMILES string of the molecule is CCCCN=C(N)NCCC(=O)Nc1cccc(C)n1.I. The second kappa shape index (κ2) is 11.3. The van der Waals surface area contributed by atoms with Crippen molar-refractivity contribution in [2.45, 2.75) is 33.1 Å². The normalized spacial score (nSPS) is 10.7. The minimum atomic E-state index is -0.100. The van der Waals surface area contributed by atoms with Gasteiger partial charge in [-0.15, -0.1) is 24.0 Å². The predicted molar refractivity (Wildman–Crippen MR) is 97.0 cm³/mol. The second-order valence-corrected chi connectivity index (χ2v) is 4.51. The maximum absolute atomic E-state index is 11.7. The van der Waals surface area contributed by atoms with E-state index in [1.807, 2.05) is 19.1 Å². The molecule has 0 aromatic carbocycles. The third-order valence-corrected chi connectivity index (χ3v) is 2.61. The standard InChI is InChI=1S/C14H23N5O.HI/c1-3-4-9-16-14(15)17-10-8-13(20)19-12-7-5-6-11(2)18-12;/h5-7H,3-4,8-10H2,1-2H3,(H3,15,16,17)(H,18,19,20);1H. The smallest absolute Gasteiger partial charge is 0.227 e. The molecule has 0 saturated heterocycles. The number of guanidine groups is 1. The van der Waals surface area contributed by atoms with Crippen LogP contribution in [0.25, 0.3) is 0 Å². The van der Waals surface area contributed by atoms with Gasteiger partial charge in [-0.3, -0.25) is 9.79 Å². The van der Waals surface area contributed by atoms with E-state index >= 15 is 0 Å². The number of carbonyl (C=O) groups excluding carboxylic acids is 1. The molecule has 1 heterocycles. The van der Waals surface area contributed by atoms with Crippen molar-refractivity contribution >= 4 is 41.7 Å². The summed E-state index contributed by atoms with van der Waals surface area (Å²) in [6, 6.07) is 5.50. The molecule has 21 heavy (non-hydrogen) atoms. The summed E-state index contributed by atoms with van der Waals surface area (Å²) in [6.45, 7) is 5.15. The summed E-state index contributed by atoms with van der Waals surface area (Å²) < 4.78 is 0. The van der Waals surface area contributed by atoms with Crippen molar-refractivity contribution in [3.05, 3.63) is 23.9 Å². The Hall–Kier alpha value is -1.38. The van der Waals surface area contributed by atoms with Gasteiger partial charge in [0.25, 0.3) is 0 Å². The Morgan fingerprint density at radius 3 is 2.86 bits per heavy atom. The van der Waals surface area contributed by atoms with Gasteiger partial charge in [0, 0.05) is 25.2 Å². The molecule has 0 aliphatic carbocycles. The zero-order valence-electron chi connectivity index (χ0n) is 12.6. The van der Waals surface area contributed by atoms with Crippen molar-refractivity contribution in [3.8, 4) is 0 Å². The lowest BCUT2D eigenvalue weighted by Crippen LogP contribution is -2.34. The Bertz CT molecular complexity index is 464. The minimum absolute atomic E-state index is 0. The summed E-state index contributed by atoms with van der Waals surface area (Å²) >= 11 is 0. The maximum atomic E-state index is 11.7. The van der Waals surface area contributed by atoms with Gasteiger partial charge in [-0.05, 0) is 25.5 Å². The van der Waals surface area contributed by atoms with Crippen LogP contribution in [0.4, 0.5) is 5.82 Å². The first-order valence-electron chi connectivity index (χ1n) is 6.89. The second-order valence-electron chi connectivity index (χ2n) is 4.51. The molecule has 1 rings (SSSR count). The van der Waals surface area contributed by atoms with Gasteiger partial charge in [0.1, 0.15) is 5.82 Å². The molecule has 0 spiro atoms. The van der Waals surface area contributed by atoms with Crippen LogP contribution in [0.3, 0.4) is 0 Å². The zero-order valence-corrected chi connectivity index (χ0v) is 14.9. The maximum Gasteiger partial charge on any atom is 0.227 e. The monoisotopic (exact) mass is 405 g/mol. The summed E-state index contributed by atoms with van der Waals surface area (Å²) in [5, 5.41) is 5.65. The Morgan fingerprint density at radius 2 is 2.19 bits per heavy atom. The number of hydrogen-bond donors (Lipinski definition) is 3. The number of rotatable bonds is 7. The molecule has 0 atom stereocenters. The van der Waals surface area contributed by atoms with E-state index in [4.69, 9.17) is 5.73 Å². The number of nitrogens with two attached hydrogens (primary N) is 1. The number of halogens is 1. The van der Waals surface area contributed by atoms with Crippen LogP contribution in [0.2, 0.25) is 0 Å². The molecule has 0 bridgehead atoms. The number of carbonyl (C=O) groups is 1. The van der Waals surface area contributed by atoms with Crippen molar-refractivity contribution in [2.75, 3.05) is 18.4 Å². The fraction of sp³-hybridized carbons (Fsp3) is 0.500. The van der Waals surface area contributed by atoms with E-state index in [9.17, 15) is 4.79 Å². The fourth-order valence-corrected chi connectivity index (χ4v) is 1.54. The number of aryl methyl sites for hydroxylation is 1. The van der Waals surface area contributed by atoms with Gasteiger partial charge < -0.3 is 16.4 Å². The largest absolute Gasteiger partial charge is 0.370 e. The van der Waals surface area contributed by atoms with Gasteiger partial charge in [-0.2, -0.15) is 0 Å². The van der Waals surface area contributed by atoms with Crippen molar-refractivity contribution in [1.29, 1.82) is 0 Å². The number of aromatic nitrogens is 1. The molecule has 1 aromatic rings. The molecule has 1 aromatic heterocycles. The number of nitrogens with zero attached hydrogens (tertiary/aromatic N) is 2. The molecule has 4 N–H and O–H groups in total. The highest BCUT2D eigenvalue weighted by Crippen LogP contribution is 2.03. The van der Waals surface area contributed by atoms with Gasteiger partial charge >= 0.3 is 0 Å². The number of nitrogens with one attached hydrogen (secondary N) is 2. The van der Waals surface area contributed by atoms with Crippen LogP contribution in [0.15, 0.2) is 23.2 Å². The molecule has 0 radical (unpaired) electrons. The lowest BCUT2D eigenvalue weighted by Gasteiger charge is -2.07. The molecule has 0 fully saturated rings. The van der Waals surface area contributed by atoms with Crippen LogP contribution < -0.4 is 16.4 Å². The van der Waals surface area contributed by atoms with Crippen LogP contribution in [0.5, 0.6) is 0 Å². The average Bonchev–Trinajstić information content (AvgIpc) is 2.39. The quantitative estimate of drug-likeness (QED) is 0.280. The van der Waals surface area contributed by atoms with Crippen molar-refractivity contribution in [1.82, 2.24) is 10.3 Å². The summed E-state index contributed by atoms with van der Waals surface area (Å²) in [5.41, 5.74) is 6.54. The van der Waals surface area contributed by atoms with E-state index in [0.717, 1.165) is 25.1 Å². The Labute approximate surface area is 143 Å². The minimum Gasteiger partial charge on any atom is -0.370 e. The summed E-state index contributed by atoms with van der Waals surface area (Å²) in [5.74, 6) is 0.858. The molecule has 1 amide bonds. The van der Waals surface area contributed by atoms with E-state index in [2.05, 4.69) is 27.5 Å². The first-order chi connectivity index (χ1) is 9.61. The number of aliphatic imine (C=N–C) groups is 1. The fourth-order valence-electron chi connectivity index (χ4n) is 1.54. The molecular formula is C14H24IN5O. The molecular weight excluding hydrogens is 381 g/mol. The molecule has 0 aliphatic rings. The Balaban J connectivity index is 0.00000400. The zero-order chi connectivity index (χ0) is 14.8. The number of pyridine rings is 1. The van der Waals surface area contributed by atoms with E-state index in [-0.39, 0.29) is 29.9 Å². The van der Waals surface area contributed by atoms with Crippen molar-refractivity contribution < 1.29 is 4.79 Å². The lowest BCUT2D eigenvalue weighted by molar-refractivity contribution is -0.116. The van der Waals surface area contributed by atoms with Gasteiger partial charge in [-0.1, -0.05) is 19.4 Å². The highest BCUT2D eigenvalue weighted by atomic mass is 127. The summed E-state index contributed by atoms with van der Waals surface area (Å²) in [4.78, 5) is 20.0. The Morgan fingerprint density at radius 1 is 1.43 bits per heavy atom. The summed E-state index contributed by atoms with van der Waals surface area (Å²) in [7, 11) is 0. The van der Waals surface area contributed by atoms with Crippen LogP contribution in [0.1, 0.15) is 31.9 Å². The van der Waals surface area contributed by atoms with Crippen molar-refractivity contribution in [2.24, 2.45) is 10.7 Å². The van der Waals surface area contributed by atoms with E-state index in [0.29, 0.717) is 24.7 Å². The van der Waals surface area contributed by atoms with E-state index < -0.39 is 0 Å². The van der Waals surface area contributed by atoms with Gasteiger partial charge in [0.15, 0.2) is 5.96 Å². The van der Waals surface area contributed by atoms with E-state index in [1.165, 1.54) is 0 Å². The van der Waals surface area contributed by atoms with Crippen LogP contribution in [-0.4, -0.2) is 29.9 Å². The van der Waals surface area contributed by atoms with Gasteiger partial charge in [0.05, 0.1) is 0 Å². The van der Waals surface area contributed by atoms with Crippen LogP contribution >= 0.6 is 24.0 Å². The van der Waals surface area contributed by atoms with E-state index in [1.54, 1.807) is 6.07 Å². The highest BCUT2D eigenvalue weighted by molar-refractivity contribution is 14.0. The Kier molecular flexibility index (Phi) is 10.6. The number of anilines is 1. The molecule has 118 valence electrons. The third-order valence-electron chi connectivity index (χ3n) is 2.61. The van der Waals surface area contributed by atoms with Gasteiger partial charge in [0.2, 0.25) is 5.91 Å².